The van der Waals surface area contributed by atoms with E-state index in [1.54, 1.807) is 12.1 Å². The van der Waals surface area contributed by atoms with Crippen molar-refractivity contribution in [3.63, 3.8) is 0 Å². The number of anilines is 1. The monoisotopic (exact) mass is 337 g/mol. The zero-order valence-corrected chi connectivity index (χ0v) is 13.8. The van der Waals surface area contributed by atoms with Gasteiger partial charge < -0.3 is 5.32 Å². The maximum absolute atomic E-state index is 12.2. The molecule has 0 aliphatic rings. The number of aryl methyl sites for hydroxylation is 1. The Bertz CT molecular complexity index is 799. The van der Waals surface area contributed by atoms with Gasteiger partial charge in [0, 0.05) is 11.8 Å². The molecule has 22 heavy (non-hydrogen) atoms. The second kappa shape index (κ2) is 6.50. The zero-order valence-electron chi connectivity index (χ0n) is 12.3. The lowest BCUT2D eigenvalue weighted by molar-refractivity contribution is 0.102. The smallest absolute Gasteiger partial charge is 0.255 e. The lowest BCUT2D eigenvalue weighted by Gasteiger charge is -2.09. The van der Waals surface area contributed by atoms with E-state index in [-0.39, 0.29) is 21.5 Å². The van der Waals surface area contributed by atoms with Crippen LogP contribution in [-0.4, -0.2) is 20.6 Å². The van der Waals surface area contributed by atoms with E-state index in [0.717, 1.165) is 18.2 Å². The second-order valence-electron chi connectivity index (χ2n) is 4.92. The Morgan fingerprint density at radius 3 is 2.32 bits per heavy atom. The standard InChI is InChI=1S/C16H16ClNO3S/c1-3-11-4-6-12(7-5-11)16(19)18-15-10-13(22(2,20)21)8-9-14(15)17/h4-10H,3H2,1-2H3,(H,18,19). The molecule has 0 atom stereocenters. The number of sulfone groups is 1. The molecule has 2 aromatic rings. The minimum absolute atomic E-state index is 0.105. The van der Waals surface area contributed by atoms with Gasteiger partial charge in [-0.25, -0.2) is 8.42 Å². The molecule has 1 N–H and O–H groups in total. The Morgan fingerprint density at radius 1 is 1.14 bits per heavy atom. The summed E-state index contributed by atoms with van der Waals surface area (Å²) in [6, 6.07) is 11.4. The Morgan fingerprint density at radius 2 is 1.77 bits per heavy atom. The van der Waals surface area contributed by atoms with Crippen LogP contribution in [0.15, 0.2) is 47.4 Å². The first-order valence-electron chi connectivity index (χ1n) is 6.71. The van der Waals surface area contributed by atoms with Crippen LogP contribution in [0.3, 0.4) is 0 Å². The van der Waals surface area contributed by atoms with Crippen molar-refractivity contribution in [3.8, 4) is 0 Å². The van der Waals surface area contributed by atoms with Crippen molar-refractivity contribution in [1.29, 1.82) is 0 Å². The number of hydrogen-bond donors (Lipinski definition) is 1. The summed E-state index contributed by atoms with van der Waals surface area (Å²) >= 11 is 6.02. The third kappa shape index (κ3) is 3.87. The maximum atomic E-state index is 12.2. The molecule has 0 saturated carbocycles. The van der Waals surface area contributed by atoms with Gasteiger partial charge in [-0.3, -0.25) is 4.79 Å². The van der Waals surface area contributed by atoms with E-state index >= 15 is 0 Å². The summed E-state index contributed by atoms with van der Waals surface area (Å²) in [5.74, 6) is -0.338. The average Bonchev–Trinajstić information content (AvgIpc) is 2.48. The van der Waals surface area contributed by atoms with Crippen LogP contribution in [0.4, 0.5) is 5.69 Å². The van der Waals surface area contributed by atoms with Crippen LogP contribution in [0.5, 0.6) is 0 Å². The summed E-state index contributed by atoms with van der Waals surface area (Å²) < 4.78 is 23.1. The first-order chi connectivity index (χ1) is 10.3. The van der Waals surface area contributed by atoms with Crippen molar-refractivity contribution in [2.24, 2.45) is 0 Å². The molecule has 6 heteroatoms. The minimum atomic E-state index is -3.36. The number of carbonyl (C=O) groups is 1. The summed E-state index contributed by atoms with van der Waals surface area (Å²) in [6.07, 6.45) is 2.00. The molecule has 0 unspecified atom stereocenters. The summed E-state index contributed by atoms with van der Waals surface area (Å²) in [6.45, 7) is 2.03. The van der Waals surface area contributed by atoms with Gasteiger partial charge in [0.05, 0.1) is 15.6 Å². The molecular weight excluding hydrogens is 322 g/mol. The number of halogens is 1. The Labute approximate surface area is 135 Å². The van der Waals surface area contributed by atoms with Crippen LogP contribution in [-0.2, 0) is 16.3 Å². The Hall–Kier alpha value is -1.85. The molecule has 0 fully saturated rings. The third-order valence-electron chi connectivity index (χ3n) is 3.24. The molecule has 2 aromatic carbocycles. The van der Waals surface area contributed by atoms with Crippen molar-refractivity contribution in [2.45, 2.75) is 18.2 Å². The van der Waals surface area contributed by atoms with E-state index in [9.17, 15) is 13.2 Å². The lowest BCUT2D eigenvalue weighted by atomic mass is 10.1. The molecule has 0 radical (unpaired) electrons. The average molecular weight is 338 g/mol. The first-order valence-corrected chi connectivity index (χ1v) is 8.98. The van der Waals surface area contributed by atoms with Gasteiger partial charge in [-0.15, -0.1) is 0 Å². The summed E-state index contributed by atoms with van der Waals surface area (Å²) in [7, 11) is -3.36. The van der Waals surface area contributed by atoms with E-state index in [2.05, 4.69) is 5.32 Å². The molecule has 0 heterocycles. The van der Waals surface area contributed by atoms with E-state index in [0.29, 0.717) is 5.56 Å². The summed E-state index contributed by atoms with van der Waals surface area (Å²) in [4.78, 5) is 12.3. The van der Waals surface area contributed by atoms with E-state index in [1.165, 1.54) is 18.2 Å². The molecule has 0 bridgehead atoms. The predicted octanol–water partition coefficient (Wildman–Crippen LogP) is 3.56. The molecule has 4 nitrogen and oxygen atoms in total. The van der Waals surface area contributed by atoms with Crippen molar-refractivity contribution in [2.75, 3.05) is 11.6 Å². The molecule has 2 rings (SSSR count). The van der Waals surface area contributed by atoms with E-state index < -0.39 is 9.84 Å². The molecule has 0 aliphatic heterocycles. The van der Waals surface area contributed by atoms with Crippen LogP contribution < -0.4 is 5.32 Å². The van der Waals surface area contributed by atoms with Gasteiger partial charge in [0.2, 0.25) is 0 Å². The SMILES string of the molecule is CCc1ccc(C(=O)Nc2cc(S(C)(=O)=O)ccc2Cl)cc1. The second-order valence-corrected chi connectivity index (χ2v) is 7.34. The number of nitrogens with one attached hydrogen (secondary N) is 1. The van der Waals surface area contributed by atoms with Gasteiger partial charge in [-0.2, -0.15) is 0 Å². The molecule has 0 spiro atoms. The maximum Gasteiger partial charge on any atom is 0.255 e. The Balaban J connectivity index is 2.27. The highest BCUT2D eigenvalue weighted by atomic mass is 35.5. The van der Waals surface area contributed by atoms with Gasteiger partial charge in [0.15, 0.2) is 9.84 Å². The summed E-state index contributed by atoms with van der Waals surface area (Å²) in [5, 5.41) is 2.92. The fourth-order valence-corrected chi connectivity index (χ4v) is 2.73. The largest absolute Gasteiger partial charge is 0.321 e. The number of hydrogen-bond acceptors (Lipinski definition) is 3. The van der Waals surface area contributed by atoms with Crippen molar-refractivity contribution < 1.29 is 13.2 Å². The molecular formula is C16H16ClNO3S. The van der Waals surface area contributed by atoms with Gasteiger partial charge in [-0.1, -0.05) is 30.7 Å². The third-order valence-corrected chi connectivity index (χ3v) is 4.68. The normalized spacial score (nSPS) is 11.2. The van der Waals surface area contributed by atoms with Gasteiger partial charge in [-0.05, 0) is 42.3 Å². The van der Waals surface area contributed by atoms with E-state index in [4.69, 9.17) is 11.6 Å². The fraction of sp³-hybridized carbons (Fsp3) is 0.188. The highest BCUT2D eigenvalue weighted by Gasteiger charge is 2.13. The molecule has 1 amide bonds. The fourth-order valence-electron chi connectivity index (χ4n) is 1.92. The molecule has 0 aromatic heterocycles. The van der Waals surface area contributed by atoms with Crippen molar-refractivity contribution in [3.05, 3.63) is 58.6 Å². The van der Waals surface area contributed by atoms with Crippen LogP contribution in [0.2, 0.25) is 5.02 Å². The van der Waals surface area contributed by atoms with Crippen LogP contribution in [0.1, 0.15) is 22.8 Å². The Kier molecular flexibility index (Phi) is 4.88. The minimum Gasteiger partial charge on any atom is -0.321 e. The van der Waals surface area contributed by atoms with E-state index in [1.807, 2.05) is 19.1 Å². The number of carbonyl (C=O) groups excluding carboxylic acids is 1. The number of rotatable bonds is 4. The molecule has 0 saturated heterocycles. The van der Waals surface area contributed by atoms with Gasteiger partial charge >= 0.3 is 0 Å². The molecule has 0 aliphatic carbocycles. The van der Waals surface area contributed by atoms with Gasteiger partial charge in [0.1, 0.15) is 0 Å². The topological polar surface area (TPSA) is 63.2 Å². The predicted molar refractivity (Wildman–Crippen MR) is 88.3 cm³/mol. The van der Waals surface area contributed by atoms with Crippen molar-refractivity contribution >= 4 is 33.0 Å². The van der Waals surface area contributed by atoms with Crippen LogP contribution in [0.25, 0.3) is 0 Å². The van der Waals surface area contributed by atoms with Crippen molar-refractivity contribution in [1.82, 2.24) is 0 Å². The quantitative estimate of drug-likeness (QED) is 0.927. The van der Waals surface area contributed by atoms with Crippen LogP contribution in [0, 0.1) is 0 Å². The van der Waals surface area contributed by atoms with Crippen LogP contribution >= 0.6 is 11.6 Å². The summed E-state index contributed by atoms with van der Waals surface area (Å²) in [5.41, 5.74) is 1.89. The highest BCUT2D eigenvalue weighted by Crippen LogP contribution is 2.25. The lowest BCUT2D eigenvalue weighted by Crippen LogP contribution is -2.12. The number of benzene rings is 2. The number of amides is 1. The highest BCUT2D eigenvalue weighted by molar-refractivity contribution is 7.90. The first kappa shape index (κ1) is 16.5. The molecule has 116 valence electrons. The van der Waals surface area contributed by atoms with Gasteiger partial charge in [0.25, 0.3) is 5.91 Å². The zero-order chi connectivity index (χ0) is 16.3.